The Morgan fingerprint density at radius 3 is 2.21 bits per heavy atom. The summed E-state index contributed by atoms with van der Waals surface area (Å²) in [5.41, 5.74) is 3.38. The summed E-state index contributed by atoms with van der Waals surface area (Å²) in [7, 11) is 0. The molecule has 0 saturated heterocycles. The number of nitrogens with one attached hydrogen (secondary N) is 1. The second kappa shape index (κ2) is 11.9. The Bertz CT molecular complexity index is 900. The van der Waals surface area contributed by atoms with E-state index >= 15 is 0 Å². The summed E-state index contributed by atoms with van der Waals surface area (Å²) in [6, 6.07) is 15.5. The summed E-state index contributed by atoms with van der Waals surface area (Å²) in [5, 5.41) is 3.17. The molecule has 2 amide bonds. The van der Waals surface area contributed by atoms with Gasteiger partial charge in [0.05, 0.1) is 0 Å². The van der Waals surface area contributed by atoms with Gasteiger partial charge in [-0.3, -0.25) is 9.59 Å². The fourth-order valence-electron chi connectivity index (χ4n) is 4.22. The largest absolute Gasteiger partial charge is 0.484 e. The van der Waals surface area contributed by atoms with E-state index in [9.17, 15) is 9.59 Å². The highest BCUT2D eigenvalue weighted by molar-refractivity contribution is 5.88. The van der Waals surface area contributed by atoms with Crippen LogP contribution in [-0.2, 0) is 16.1 Å². The number of carbonyl (C=O) groups is 2. The Morgan fingerprint density at radius 2 is 1.61 bits per heavy atom. The number of ether oxygens (including phenoxy) is 1. The molecule has 178 valence electrons. The van der Waals surface area contributed by atoms with Crippen molar-refractivity contribution in [1.29, 1.82) is 0 Å². The second-order valence-electron chi connectivity index (χ2n) is 9.54. The van der Waals surface area contributed by atoms with E-state index in [1.165, 1.54) is 12.0 Å². The van der Waals surface area contributed by atoms with Crippen LogP contribution in [0, 0.1) is 6.92 Å². The molecule has 2 aromatic rings. The van der Waals surface area contributed by atoms with Crippen molar-refractivity contribution in [3.63, 3.8) is 0 Å². The summed E-state index contributed by atoms with van der Waals surface area (Å²) >= 11 is 0. The highest BCUT2D eigenvalue weighted by Crippen LogP contribution is 2.20. The van der Waals surface area contributed by atoms with E-state index < -0.39 is 6.04 Å². The molecular weight excluding hydrogens is 412 g/mol. The number of hydrogen-bond donors (Lipinski definition) is 1. The van der Waals surface area contributed by atoms with Crippen molar-refractivity contribution in [3.05, 3.63) is 65.2 Å². The third-order valence-corrected chi connectivity index (χ3v) is 6.50. The molecule has 1 N–H and O–H groups in total. The molecule has 5 heteroatoms. The van der Waals surface area contributed by atoms with Crippen molar-refractivity contribution in [2.24, 2.45) is 0 Å². The van der Waals surface area contributed by atoms with Crippen molar-refractivity contribution in [2.45, 2.75) is 84.3 Å². The molecule has 1 aliphatic rings. The van der Waals surface area contributed by atoms with E-state index in [4.69, 9.17) is 4.74 Å². The molecular formula is C28H38N2O3. The number of aryl methyl sites for hydroxylation is 1. The maximum absolute atomic E-state index is 13.2. The normalized spacial score (nSPS) is 15.2. The van der Waals surface area contributed by atoms with Crippen LogP contribution in [0.4, 0.5) is 0 Å². The van der Waals surface area contributed by atoms with Gasteiger partial charge < -0.3 is 15.0 Å². The van der Waals surface area contributed by atoms with Crippen molar-refractivity contribution in [1.82, 2.24) is 10.2 Å². The summed E-state index contributed by atoms with van der Waals surface area (Å²) in [6.07, 6.45) is 5.55. The van der Waals surface area contributed by atoms with Gasteiger partial charge in [0.1, 0.15) is 11.8 Å². The highest BCUT2D eigenvalue weighted by Gasteiger charge is 2.28. The lowest BCUT2D eigenvalue weighted by Crippen LogP contribution is -2.51. The minimum absolute atomic E-state index is 0.0938. The van der Waals surface area contributed by atoms with Gasteiger partial charge in [-0.2, -0.15) is 0 Å². The van der Waals surface area contributed by atoms with Crippen LogP contribution < -0.4 is 10.1 Å². The first kappa shape index (κ1) is 24.8. The molecule has 33 heavy (non-hydrogen) atoms. The standard InChI is InChI=1S/C28H38N2O3/c1-20(2)24-14-16-26(17-15-24)33-19-27(31)30(18-23-12-10-21(3)11-13-23)22(4)28(32)29-25-8-6-5-7-9-25/h10-17,20,22,25H,5-9,18-19H2,1-4H3,(H,29,32)/t22-/m1/s1. The van der Waals surface area contributed by atoms with Gasteiger partial charge in [-0.25, -0.2) is 0 Å². The predicted molar refractivity (Wildman–Crippen MR) is 132 cm³/mol. The average Bonchev–Trinajstić information content (AvgIpc) is 2.82. The Hall–Kier alpha value is -2.82. The molecule has 1 atom stereocenters. The molecule has 3 rings (SSSR count). The fourth-order valence-corrected chi connectivity index (χ4v) is 4.22. The lowest BCUT2D eigenvalue weighted by molar-refractivity contribution is -0.142. The third-order valence-electron chi connectivity index (χ3n) is 6.50. The van der Waals surface area contributed by atoms with Crippen molar-refractivity contribution in [2.75, 3.05) is 6.61 Å². The van der Waals surface area contributed by atoms with Gasteiger partial charge in [0.2, 0.25) is 5.91 Å². The second-order valence-corrected chi connectivity index (χ2v) is 9.54. The topological polar surface area (TPSA) is 58.6 Å². The Morgan fingerprint density at radius 1 is 0.970 bits per heavy atom. The molecule has 0 unspecified atom stereocenters. The molecule has 1 aliphatic carbocycles. The molecule has 0 heterocycles. The Balaban J connectivity index is 1.68. The van der Waals surface area contributed by atoms with Gasteiger partial charge in [-0.05, 0) is 55.9 Å². The summed E-state index contributed by atoms with van der Waals surface area (Å²) in [4.78, 5) is 27.9. The smallest absolute Gasteiger partial charge is 0.261 e. The number of carbonyl (C=O) groups excluding carboxylic acids is 2. The van der Waals surface area contributed by atoms with Crippen LogP contribution >= 0.6 is 0 Å². The van der Waals surface area contributed by atoms with E-state index in [2.05, 4.69) is 19.2 Å². The van der Waals surface area contributed by atoms with Crippen LogP contribution in [0.3, 0.4) is 0 Å². The van der Waals surface area contributed by atoms with Gasteiger partial charge in [0.15, 0.2) is 6.61 Å². The summed E-state index contributed by atoms with van der Waals surface area (Å²) in [6.45, 7) is 8.39. The van der Waals surface area contributed by atoms with Crippen LogP contribution in [0.5, 0.6) is 5.75 Å². The number of hydrogen-bond acceptors (Lipinski definition) is 3. The van der Waals surface area contributed by atoms with E-state index in [1.54, 1.807) is 4.90 Å². The molecule has 5 nitrogen and oxygen atoms in total. The van der Waals surface area contributed by atoms with Crippen LogP contribution in [0.2, 0.25) is 0 Å². The molecule has 0 spiro atoms. The van der Waals surface area contributed by atoms with Crippen LogP contribution in [0.15, 0.2) is 48.5 Å². The van der Waals surface area contributed by atoms with Crippen LogP contribution in [0.1, 0.15) is 75.5 Å². The van der Waals surface area contributed by atoms with Gasteiger partial charge in [0.25, 0.3) is 5.91 Å². The summed E-state index contributed by atoms with van der Waals surface area (Å²) < 4.78 is 5.80. The molecule has 0 aromatic heterocycles. The van der Waals surface area contributed by atoms with E-state index in [-0.39, 0.29) is 24.5 Å². The van der Waals surface area contributed by atoms with Gasteiger partial charge in [0, 0.05) is 12.6 Å². The van der Waals surface area contributed by atoms with Crippen molar-refractivity contribution in [3.8, 4) is 5.75 Å². The number of rotatable bonds is 9. The SMILES string of the molecule is Cc1ccc(CN(C(=O)COc2ccc(C(C)C)cc2)[C@H](C)C(=O)NC2CCCCC2)cc1. The highest BCUT2D eigenvalue weighted by atomic mass is 16.5. The lowest BCUT2D eigenvalue weighted by Gasteiger charge is -2.31. The minimum atomic E-state index is -0.576. The number of benzene rings is 2. The zero-order valence-electron chi connectivity index (χ0n) is 20.5. The lowest BCUT2D eigenvalue weighted by atomic mass is 9.95. The van der Waals surface area contributed by atoms with Gasteiger partial charge in [-0.15, -0.1) is 0 Å². The first-order valence-corrected chi connectivity index (χ1v) is 12.2. The molecule has 0 radical (unpaired) electrons. The fraction of sp³-hybridized carbons (Fsp3) is 0.500. The molecule has 0 aliphatic heterocycles. The monoisotopic (exact) mass is 450 g/mol. The minimum Gasteiger partial charge on any atom is -0.484 e. The molecule has 1 fully saturated rings. The van der Waals surface area contributed by atoms with Crippen molar-refractivity contribution >= 4 is 11.8 Å². The van der Waals surface area contributed by atoms with E-state index in [0.29, 0.717) is 18.2 Å². The van der Waals surface area contributed by atoms with Crippen molar-refractivity contribution < 1.29 is 14.3 Å². The first-order chi connectivity index (χ1) is 15.8. The third kappa shape index (κ3) is 7.34. The van der Waals surface area contributed by atoms with Crippen LogP contribution in [-0.4, -0.2) is 35.4 Å². The predicted octanol–water partition coefficient (Wildman–Crippen LogP) is 5.36. The molecule has 1 saturated carbocycles. The maximum atomic E-state index is 13.2. The van der Waals surface area contributed by atoms with E-state index in [1.807, 2.05) is 62.4 Å². The average molecular weight is 451 g/mol. The zero-order valence-corrected chi connectivity index (χ0v) is 20.5. The van der Waals surface area contributed by atoms with Gasteiger partial charge >= 0.3 is 0 Å². The molecule has 0 bridgehead atoms. The Kier molecular flexibility index (Phi) is 8.93. The first-order valence-electron chi connectivity index (χ1n) is 12.2. The quantitative estimate of drug-likeness (QED) is 0.559. The number of amides is 2. The summed E-state index contributed by atoms with van der Waals surface area (Å²) in [5.74, 6) is 0.801. The number of nitrogens with zero attached hydrogens (tertiary/aromatic N) is 1. The van der Waals surface area contributed by atoms with Crippen LogP contribution in [0.25, 0.3) is 0 Å². The maximum Gasteiger partial charge on any atom is 0.261 e. The van der Waals surface area contributed by atoms with Gasteiger partial charge in [-0.1, -0.05) is 75.1 Å². The zero-order chi connectivity index (χ0) is 23.8. The molecule has 2 aromatic carbocycles. The van der Waals surface area contributed by atoms with E-state index in [0.717, 1.165) is 36.8 Å². The Labute approximate surface area is 198 Å².